The standard InChI is InChI=1S/C10H21P/c1-6(2)9-5-7(3)10(9)8(4)11/h6-10H,5,11H2,1-4H3. The van der Waals surface area contributed by atoms with Crippen molar-refractivity contribution in [3.05, 3.63) is 0 Å². The van der Waals surface area contributed by atoms with E-state index in [1.165, 1.54) is 6.42 Å². The highest BCUT2D eigenvalue weighted by Crippen LogP contribution is 2.48. The van der Waals surface area contributed by atoms with E-state index < -0.39 is 0 Å². The van der Waals surface area contributed by atoms with Crippen LogP contribution in [0.4, 0.5) is 0 Å². The molecule has 0 amide bonds. The van der Waals surface area contributed by atoms with E-state index in [2.05, 4.69) is 36.9 Å². The van der Waals surface area contributed by atoms with Crippen LogP contribution in [0, 0.1) is 23.7 Å². The normalized spacial score (nSPS) is 40.4. The van der Waals surface area contributed by atoms with Crippen LogP contribution in [-0.4, -0.2) is 5.66 Å². The monoisotopic (exact) mass is 172 g/mol. The Hall–Kier alpha value is 0.430. The third-order valence-electron chi connectivity index (χ3n) is 3.26. The zero-order valence-electron chi connectivity index (χ0n) is 8.17. The zero-order chi connectivity index (χ0) is 8.59. The molecule has 0 spiro atoms. The van der Waals surface area contributed by atoms with Crippen LogP contribution in [0.3, 0.4) is 0 Å². The van der Waals surface area contributed by atoms with E-state index in [0.717, 1.165) is 29.3 Å². The lowest BCUT2D eigenvalue weighted by atomic mass is 9.60. The van der Waals surface area contributed by atoms with Gasteiger partial charge in [0.05, 0.1) is 0 Å². The van der Waals surface area contributed by atoms with Crippen molar-refractivity contribution in [2.45, 2.75) is 39.8 Å². The van der Waals surface area contributed by atoms with E-state index in [1.807, 2.05) is 0 Å². The zero-order valence-corrected chi connectivity index (χ0v) is 9.33. The molecule has 1 aliphatic carbocycles. The van der Waals surface area contributed by atoms with Gasteiger partial charge in [-0.15, -0.1) is 9.24 Å². The fraction of sp³-hybridized carbons (Fsp3) is 1.00. The van der Waals surface area contributed by atoms with E-state index in [9.17, 15) is 0 Å². The summed E-state index contributed by atoms with van der Waals surface area (Å²) in [4.78, 5) is 0. The Morgan fingerprint density at radius 2 is 1.82 bits per heavy atom. The van der Waals surface area contributed by atoms with Crippen LogP contribution in [0.5, 0.6) is 0 Å². The van der Waals surface area contributed by atoms with Gasteiger partial charge < -0.3 is 0 Å². The first-order valence-corrected chi connectivity index (χ1v) is 5.46. The van der Waals surface area contributed by atoms with Gasteiger partial charge in [-0.25, -0.2) is 0 Å². The van der Waals surface area contributed by atoms with Crippen molar-refractivity contribution in [1.29, 1.82) is 0 Å². The first-order chi connectivity index (χ1) is 5.04. The molecule has 0 aromatic heterocycles. The summed E-state index contributed by atoms with van der Waals surface area (Å²) in [7, 11) is 2.96. The Labute approximate surface area is 73.3 Å². The molecule has 0 aromatic rings. The second kappa shape index (κ2) is 3.44. The summed E-state index contributed by atoms with van der Waals surface area (Å²) in [5.41, 5.74) is 0.811. The molecule has 66 valence electrons. The van der Waals surface area contributed by atoms with Crippen LogP contribution in [0.25, 0.3) is 0 Å². The van der Waals surface area contributed by atoms with Crippen molar-refractivity contribution in [2.24, 2.45) is 23.7 Å². The molecule has 0 aliphatic heterocycles. The average Bonchev–Trinajstić information content (AvgIpc) is 1.80. The van der Waals surface area contributed by atoms with Crippen molar-refractivity contribution < 1.29 is 0 Å². The van der Waals surface area contributed by atoms with Crippen molar-refractivity contribution in [3.8, 4) is 0 Å². The highest BCUT2D eigenvalue weighted by Gasteiger charge is 2.40. The molecular weight excluding hydrogens is 151 g/mol. The number of hydrogen-bond acceptors (Lipinski definition) is 0. The summed E-state index contributed by atoms with van der Waals surface area (Å²) < 4.78 is 0. The first-order valence-electron chi connectivity index (χ1n) is 4.79. The molecule has 0 heterocycles. The molecule has 0 aromatic carbocycles. The minimum absolute atomic E-state index is 0.811. The molecule has 0 N–H and O–H groups in total. The molecule has 11 heavy (non-hydrogen) atoms. The Morgan fingerprint density at radius 1 is 1.27 bits per heavy atom. The lowest BCUT2D eigenvalue weighted by Crippen LogP contribution is -2.42. The number of hydrogen-bond donors (Lipinski definition) is 0. The molecule has 1 fully saturated rings. The van der Waals surface area contributed by atoms with Gasteiger partial charge in [0.25, 0.3) is 0 Å². The largest absolute Gasteiger partial charge is 0.134 e. The fourth-order valence-electron chi connectivity index (χ4n) is 2.59. The first kappa shape index (κ1) is 9.52. The Morgan fingerprint density at radius 3 is 2.00 bits per heavy atom. The number of rotatable bonds is 2. The van der Waals surface area contributed by atoms with Crippen LogP contribution < -0.4 is 0 Å². The lowest BCUT2D eigenvalue weighted by molar-refractivity contribution is 0.0482. The van der Waals surface area contributed by atoms with Crippen molar-refractivity contribution in [3.63, 3.8) is 0 Å². The predicted octanol–water partition coefficient (Wildman–Crippen LogP) is 3.18. The van der Waals surface area contributed by atoms with Gasteiger partial charge in [-0.05, 0) is 35.8 Å². The topological polar surface area (TPSA) is 0 Å². The molecular formula is C10H21P. The minimum Gasteiger partial charge on any atom is -0.134 e. The second-order valence-corrected chi connectivity index (χ2v) is 5.61. The smallest absolute Gasteiger partial charge is 0.0259 e. The summed E-state index contributed by atoms with van der Waals surface area (Å²) in [5, 5.41) is 0. The Kier molecular flexibility index (Phi) is 2.97. The van der Waals surface area contributed by atoms with Gasteiger partial charge >= 0.3 is 0 Å². The molecule has 5 unspecified atom stereocenters. The van der Waals surface area contributed by atoms with E-state index in [1.54, 1.807) is 0 Å². The van der Waals surface area contributed by atoms with Crippen LogP contribution in [0.1, 0.15) is 34.1 Å². The fourth-order valence-corrected chi connectivity index (χ4v) is 3.26. The summed E-state index contributed by atoms with van der Waals surface area (Å²) in [6.07, 6.45) is 1.46. The van der Waals surface area contributed by atoms with E-state index >= 15 is 0 Å². The summed E-state index contributed by atoms with van der Waals surface area (Å²) in [5.74, 6) is 3.83. The maximum atomic E-state index is 2.96. The third kappa shape index (κ3) is 1.78. The molecule has 0 bridgehead atoms. The average molecular weight is 172 g/mol. The Bertz CT molecular complexity index is 124. The van der Waals surface area contributed by atoms with Gasteiger partial charge in [0.1, 0.15) is 0 Å². The van der Waals surface area contributed by atoms with E-state index in [0.29, 0.717) is 0 Å². The van der Waals surface area contributed by atoms with E-state index in [-0.39, 0.29) is 0 Å². The molecule has 0 radical (unpaired) electrons. The predicted molar refractivity (Wildman–Crippen MR) is 54.8 cm³/mol. The van der Waals surface area contributed by atoms with Gasteiger partial charge in [0.15, 0.2) is 0 Å². The molecule has 0 saturated heterocycles. The van der Waals surface area contributed by atoms with Gasteiger partial charge in [0, 0.05) is 0 Å². The van der Waals surface area contributed by atoms with Crippen LogP contribution in [0.15, 0.2) is 0 Å². The second-order valence-electron chi connectivity index (χ2n) is 4.56. The highest BCUT2D eigenvalue weighted by molar-refractivity contribution is 7.17. The third-order valence-corrected chi connectivity index (χ3v) is 3.70. The summed E-state index contributed by atoms with van der Waals surface area (Å²) in [6.45, 7) is 9.44. The van der Waals surface area contributed by atoms with Gasteiger partial charge in [-0.1, -0.05) is 27.7 Å². The summed E-state index contributed by atoms with van der Waals surface area (Å²) >= 11 is 0. The van der Waals surface area contributed by atoms with Gasteiger partial charge in [0.2, 0.25) is 0 Å². The minimum atomic E-state index is 0.811. The molecule has 5 atom stereocenters. The van der Waals surface area contributed by atoms with E-state index in [4.69, 9.17) is 0 Å². The maximum absolute atomic E-state index is 2.96. The van der Waals surface area contributed by atoms with Gasteiger partial charge in [-0.3, -0.25) is 0 Å². The quantitative estimate of drug-likeness (QED) is 0.561. The molecule has 1 saturated carbocycles. The van der Waals surface area contributed by atoms with Crippen LogP contribution in [-0.2, 0) is 0 Å². The molecule has 0 nitrogen and oxygen atoms in total. The van der Waals surface area contributed by atoms with Crippen molar-refractivity contribution >= 4 is 9.24 Å². The van der Waals surface area contributed by atoms with Crippen LogP contribution >= 0.6 is 9.24 Å². The lowest BCUT2D eigenvalue weighted by Gasteiger charge is -2.48. The summed E-state index contributed by atoms with van der Waals surface area (Å²) in [6, 6.07) is 0. The van der Waals surface area contributed by atoms with Crippen molar-refractivity contribution in [1.82, 2.24) is 0 Å². The highest BCUT2D eigenvalue weighted by atomic mass is 31.0. The molecule has 1 rings (SSSR count). The Balaban J connectivity index is 2.48. The van der Waals surface area contributed by atoms with Crippen LogP contribution in [0.2, 0.25) is 0 Å². The SMILES string of the molecule is CC(C)C1CC(C)C1C(C)P. The molecule has 1 heteroatoms. The maximum Gasteiger partial charge on any atom is -0.0259 e. The molecule has 1 aliphatic rings. The van der Waals surface area contributed by atoms with Crippen molar-refractivity contribution in [2.75, 3.05) is 0 Å². The van der Waals surface area contributed by atoms with Gasteiger partial charge in [-0.2, -0.15) is 0 Å².